The molecule has 0 bridgehead atoms. The van der Waals surface area contributed by atoms with E-state index in [9.17, 15) is 4.79 Å². The van der Waals surface area contributed by atoms with Crippen molar-refractivity contribution in [2.45, 2.75) is 6.54 Å². The summed E-state index contributed by atoms with van der Waals surface area (Å²) in [5.74, 6) is 0.437. The van der Waals surface area contributed by atoms with Crippen LogP contribution in [0.15, 0.2) is 17.5 Å². The van der Waals surface area contributed by atoms with Crippen LogP contribution in [0.2, 0.25) is 0 Å². The van der Waals surface area contributed by atoms with Gasteiger partial charge in [0.05, 0.1) is 6.54 Å². The Bertz CT molecular complexity index is 251. The Balaban J connectivity index is 2.15. The Morgan fingerprint density at radius 3 is 3.00 bits per heavy atom. The number of carbonyl (C=O) groups excluding carboxylic acids is 1. The van der Waals surface area contributed by atoms with Crippen molar-refractivity contribution in [2.24, 2.45) is 0 Å². The lowest BCUT2D eigenvalue weighted by atomic mass is 10.5. The highest BCUT2D eigenvalue weighted by molar-refractivity contribution is 7.09. The van der Waals surface area contributed by atoms with E-state index in [1.165, 1.54) is 0 Å². The van der Waals surface area contributed by atoms with Crippen LogP contribution in [0.4, 0.5) is 4.79 Å². The van der Waals surface area contributed by atoms with Crippen LogP contribution < -0.4 is 10.6 Å². The summed E-state index contributed by atoms with van der Waals surface area (Å²) in [6, 6.07) is 3.76. The van der Waals surface area contributed by atoms with Gasteiger partial charge >= 0.3 is 6.03 Å². The molecular weight excluding hydrogens is 208 g/mol. The SMILES string of the molecule is O=C(NCCCl)NCc1cccs1. The molecule has 0 aliphatic heterocycles. The van der Waals surface area contributed by atoms with Gasteiger partial charge in [-0.15, -0.1) is 22.9 Å². The van der Waals surface area contributed by atoms with E-state index in [1.54, 1.807) is 11.3 Å². The maximum absolute atomic E-state index is 11.0. The quantitative estimate of drug-likeness (QED) is 0.744. The van der Waals surface area contributed by atoms with Gasteiger partial charge < -0.3 is 10.6 Å². The molecule has 2 amide bonds. The normalized spacial score (nSPS) is 9.62. The van der Waals surface area contributed by atoms with E-state index in [1.807, 2.05) is 17.5 Å². The fraction of sp³-hybridized carbons (Fsp3) is 0.375. The Morgan fingerprint density at radius 2 is 2.38 bits per heavy atom. The zero-order valence-electron chi connectivity index (χ0n) is 7.05. The first-order valence-electron chi connectivity index (χ1n) is 3.93. The molecule has 0 atom stereocenters. The molecule has 1 aromatic heterocycles. The number of carbonyl (C=O) groups is 1. The minimum atomic E-state index is -0.172. The number of amides is 2. The van der Waals surface area contributed by atoms with Gasteiger partial charge in [-0.25, -0.2) is 4.79 Å². The van der Waals surface area contributed by atoms with E-state index in [2.05, 4.69) is 10.6 Å². The summed E-state index contributed by atoms with van der Waals surface area (Å²) in [7, 11) is 0. The molecule has 0 radical (unpaired) electrons. The summed E-state index contributed by atoms with van der Waals surface area (Å²) in [5.41, 5.74) is 0. The lowest BCUT2D eigenvalue weighted by Gasteiger charge is -2.03. The van der Waals surface area contributed by atoms with Crippen molar-refractivity contribution in [3.63, 3.8) is 0 Å². The lowest BCUT2D eigenvalue weighted by molar-refractivity contribution is 0.241. The van der Waals surface area contributed by atoms with E-state index in [-0.39, 0.29) is 6.03 Å². The molecule has 0 fully saturated rings. The molecule has 3 nitrogen and oxygen atoms in total. The molecule has 1 rings (SSSR count). The van der Waals surface area contributed by atoms with Gasteiger partial charge in [-0.2, -0.15) is 0 Å². The molecule has 5 heteroatoms. The highest BCUT2D eigenvalue weighted by Gasteiger charge is 1.98. The van der Waals surface area contributed by atoms with E-state index in [0.29, 0.717) is 19.0 Å². The second-order valence-corrected chi connectivity index (χ2v) is 3.79. The molecule has 0 saturated heterocycles. The number of nitrogens with one attached hydrogen (secondary N) is 2. The second-order valence-electron chi connectivity index (χ2n) is 2.38. The number of urea groups is 1. The smallest absolute Gasteiger partial charge is 0.315 e. The zero-order valence-corrected chi connectivity index (χ0v) is 8.62. The number of alkyl halides is 1. The predicted octanol–water partition coefficient (Wildman–Crippen LogP) is 1.79. The fourth-order valence-corrected chi connectivity index (χ4v) is 1.54. The molecule has 0 spiro atoms. The Morgan fingerprint density at radius 1 is 1.54 bits per heavy atom. The van der Waals surface area contributed by atoms with Gasteiger partial charge in [0.25, 0.3) is 0 Å². The van der Waals surface area contributed by atoms with Crippen molar-refractivity contribution in [2.75, 3.05) is 12.4 Å². The fourth-order valence-electron chi connectivity index (χ4n) is 0.804. The highest BCUT2D eigenvalue weighted by atomic mass is 35.5. The first kappa shape index (κ1) is 10.3. The number of halogens is 1. The van der Waals surface area contributed by atoms with Crippen LogP contribution in [0.25, 0.3) is 0 Å². The van der Waals surface area contributed by atoms with Crippen LogP contribution in [0.3, 0.4) is 0 Å². The highest BCUT2D eigenvalue weighted by Crippen LogP contribution is 2.06. The number of rotatable bonds is 4. The van der Waals surface area contributed by atoms with Crippen molar-refractivity contribution in [3.05, 3.63) is 22.4 Å². The monoisotopic (exact) mass is 218 g/mol. The van der Waals surface area contributed by atoms with Crippen LogP contribution in [0, 0.1) is 0 Å². The minimum absolute atomic E-state index is 0.172. The Kier molecular flexibility index (Phi) is 4.64. The molecule has 0 saturated carbocycles. The van der Waals surface area contributed by atoms with Crippen LogP contribution in [-0.4, -0.2) is 18.5 Å². The van der Waals surface area contributed by atoms with E-state index in [0.717, 1.165) is 4.88 Å². The van der Waals surface area contributed by atoms with Crippen LogP contribution in [0.5, 0.6) is 0 Å². The molecule has 0 aliphatic carbocycles. The average molecular weight is 219 g/mol. The molecule has 0 unspecified atom stereocenters. The second kappa shape index (κ2) is 5.83. The first-order valence-corrected chi connectivity index (χ1v) is 5.34. The minimum Gasteiger partial charge on any atom is -0.337 e. The van der Waals surface area contributed by atoms with Gasteiger partial charge in [-0.3, -0.25) is 0 Å². The number of thiophene rings is 1. The van der Waals surface area contributed by atoms with E-state index >= 15 is 0 Å². The summed E-state index contributed by atoms with van der Waals surface area (Å²) in [6.07, 6.45) is 0. The third kappa shape index (κ3) is 4.15. The lowest BCUT2D eigenvalue weighted by Crippen LogP contribution is -2.35. The molecule has 1 aromatic rings. The third-order valence-corrected chi connectivity index (χ3v) is 2.45. The summed E-state index contributed by atoms with van der Waals surface area (Å²) < 4.78 is 0. The zero-order chi connectivity index (χ0) is 9.52. The maximum atomic E-state index is 11.0. The summed E-state index contributed by atoms with van der Waals surface area (Å²) in [4.78, 5) is 12.2. The summed E-state index contributed by atoms with van der Waals surface area (Å²) in [5, 5.41) is 7.32. The standard InChI is InChI=1S/C8H11ClN2OS/c9-3-4-10-8(12)11-6-7-2-1-5-13-7/h1-2,5H,3-4,6H2,(H2,10,11,12). The summed E-state index contributed by atoms with van der Waals surface area (Å²) >= 11 is 7.03. The van der Waals surface area contributed by atoms with Crippen molar-refractivity contribution in [1.82, 2.24) is 10.6 Å². The van der Waals surface area contributed by atoms with Gasteiger partial charge in [-0.1, -0.05) is 6.07 Å². The average Bonchev–Trinajstić information content (AvgIpc) is 2.64. The van der Waals surface area contributed by atoms with Crippen molar-refractivity contribution in [3.8, 4) is 0 Å². The number of hydrogen-bond acceptors (Lipinski definition) is 2. The maximum Gasteiger partial charge on any atom is 0.315 e. The molecule has 13 heavy (non-hydrogen) atoms. The molecule has 0 aromatic carbocycles. The predicted molar refractivity (Wildman–Crippen MR) is 55.3 cm³/mol. The molecule has 72 valence electrons. The topological polar surface area (TPSA) is 41.1 Å². The van der Waals surface area contributed by atoms with Gasteiger partial charge in [0.1, 0.15) is 0 Å². The van der Waals surface area contributed by atoms with Crippen molar-refractivity contribution < 1.29 is 4.79 Å². The van der Waals surface area contributed by atoms with Crippen molar-refractivity contribution >= 4 is 29.0 Å². The van der Waals surface area contributed by atoms with Crippen LogP contribution >= 0.6 is 22.9 Å². The Hall–Kier alpha value is -0.740. The van der Waals surface area contributed by atoms with E-state index in [4.69, 9.17) is 11.6 Å². The largest absolute Gasteiger partial charge is 0.337 e. The van der Waals surface area contributed by atoms with Crippen molar-refractivity contribution in [1.29, 1.82) is 0 Å². The summed E-state index contributed by atoms with van der Waals surface area (Å²) in [6.45, 7) is 1.07. The van der Waals surface area contributed by atoms with Gasteiger partial charge in [-0.05, 0) is 11.4 Å². The Labute approximate surface area is 86.1 Å². The van der Waals surface area contributed by atoms with E-state index < -0.39 is 0 Å². The van der Waals surface area contributed by atoms with Crippen LogP contribution in [0.1, 0.15) is 4.88 Å². The van der Waals surface area contributed by atoms with Crippen LogP contribution in [-0.2, 0) is 6.54 Å². The van der Waals surface area contributed by atoms with Gasteiger partial charge in [0.15, 0.2) is 0 Å². The van der Waals surface area contributed by atoms with Gasteiger partial charge in [0, 0.05) is 17.3 Å². The number of hydrogen-bond donors (Lipinski definition) is 2. The molecule has 1 heterocycles. The molecule has 2 N–H and O–H groups in total. The molecular formula is C8H11ClN2OS. The first-order chi connectivity index (χ1) is 6.33. The molecule has 0 aliphatic rings. The van der Waals surface area contributed by atoms with Gasteiger partial charge in [0.2, 0.25) is 0 Å². The third-order valence-electron chi connectivity index (χ3n) is 1.38.